The van der Waals surface area contributed by atoms with E-state index in [2.05, 4.69) is 49.9 Å². The van der Waals surface area contributed by atoms with Gasteiger partial charge < -0.3 is 10.2 Å². The molecule has 0 amide bonds. The Kier molecular flexibility index (Phi) is 5.73. The summed E-state index contributed by atoms with van der Waals surface area (Å²) in [6, 6.07) is 1.34. The van der Waals surface area contributed by atoms with E-state index in [1.165, 1.54) is 19.6 Å². The highest BCUT2D eigenvalue weighted by Gasteiger charge is 2.24. The van der Waals surface area contributed by atoms with E-state index < -0.39 is 0 Å². The van der Waals surface area contributed by atoms with Crippen LogP contribution in [0, 0.1) is 5.92 Å². The summed E-state index contributed by atoms with van der Waals surface area (Å²) in [6.07, 6.45) is 0. The standard InChI is InChI=1S/C13H29N3/c1-11(2)8-14-9-12(3)16-7-6-15(5)10-13(16)4/h11-14H,6-10H2,1-5H3. The molecule has 1 heterocycles. The molecule has 3 heteroatoms. The molecular weight excluding hydrogens is 198 g/mol. The second kappa shape index (κ2) is 6.58. The molecule has 16 heavy (non-hydrogen) atoms. The molecule has 0 aromatic rings. The van der Waals surface area contributed by atoms with Crippen LogP contribution in [0.5, 0.6) is 0 Å². The summed E-state index contributed by atoms with van der Waals surface area (Å²) in [5, 5.41) is 3.56. The molecule has 0 saturated carbocycles. The van der Waals surface area contributed by atoms with Crippen molar-refractivity contribution in [3.05, 3.63) is 0 Å². The zero-order valence-electron chi connectivity index (χ0n) is 11.7. The Morgan fingerprint density at radius 2 is 1.88 bits per heavy atom. The first-order valence-electron chi connectivity index (χ1n) is 6.65. The molecule has 1 aliphatic heterocycles. The van der Waals surface area contributed by atoms with Crippen LogP contribution in [0.2, 0.25) is 0 Å². The van der Waals surface area contributed by atoms with E-state index in [1.807, 2.05) is 0 Å². The van der Waals surface area contributed by atoms with Gasteiger partial charge in [0.2, 0.25) is 0 Å². The molecule has 1 aliphatic rings. The van der Waals surface area contributed by atoms with Gasteiger partial charge in [0.1, 0.15) is 0 Å². The molecule has 1 N–H and O–H groups in total. The molecule has 0 radical (unpaired) electrons. The summed E-state index contributed by atoms with van der Waals surface area (Å²) in [6.45, 7) is 15.1. The van der Waals surface area contributed by atoms with Gasteiger partial charge in [-0.05, 0) is 33.4 Å². The Morgan fingerprint density at radius 1 is 1.19 bits per heavy atom. The third kappa shape index (κ3) is 4.40. The van der Waals surface area contributed by atoms with Crippen LogP contribution in [0.15, 0.2) is 0 Å². The Balaban J connectivity index is 2.27. The predicted molar refractivity (Wildman–Crippen MR) is 70.8 cm³/mol. The fourth-order valence-electron chi connectivity index (χ4n) is 2.51. The molecule has 0 bridgehead atoms. The first kappa shape index (κ1) is 13.9. The Bertz CT molecular complexity index is 194. The number of likely N-dealkylation sites (N-methyl/N-ethyl adjacent to an activating group) is 1. The lowest BCUT2D eigenvalue weighted by atomic mass is 10.1. The zero-order chi connectivity index (χ0) is 12.1. The lowest BCUT2D eigenvalue weighted by Crippen LogP contribution is -2.55. The molecule has 0 aromatic carbocycles. The largest absolute Gasteiger partial charge is 0.315 e. The van der Waals surface area contributed by atoms with Crippen molar-refractivity contribution in [2.24, 2.45) is 5.92 Å². The number of nitrogens with zero attached hydrogens (tertiary/aromatic N) is 2. The number of rotatable bonds is 5. The van der Waals surface area contributed by atoms with Crippen molar-refractivity contribution in [1.82, 2.24) is 15.1 Å². The van der Waals surface area contributed by atoms with Gasteiger partial charge in [0.05, 0.1) is 0 Å². The third-order valence-electron chi connectivity index (χ3n) is 3.44. The van der Waals surface area contributed by atoms with Gasteiger partial charge >= 0.3 is 0 Å². The van der Waals surface area contributed by atoms with E-state index in [-0.39, 0.29) is 0 Å². The Morgan fingerprint density at radius 3 is 2.44 bits per heavy atom. The van der Waals surface area contributed by atoms with Crippen LogP contribution in [0.3, 0.4) is 0 Å². The molecule has 3 nitrogen and oxygen atoms in total. The van der Waals surface area contributed by atoms with Crippen LogP contribution in [-0.4, -0.2) is 61.7 Å². The van der Waals surface area contributed by atoms with Crippen LogP contribution in [0.25, 0.3) is 0 Å². The van der Waals surface area contributed by atoms with Crippen molar-refractivity contribution in [1.29, 1.82) is 0 Å². The van der Waals surface area contributed by atoms with Crippen molar-refractivity contribution in [3.8, 4) is 0 Å². The number of hydrogen-bond donors (Lipinski definition) is 1. The molecule has 1 fully saturated rings. The quantitative estimate of drug-likeness (QED) is 0.763. The second-order valence-corrected chi connectivity index (χ2v) is 5.75. The monoisotopic (exact) mass is 227 g/mol. The van der Waals surface area contributed by atoms with Gasteiger partial charge in [-0.3, -0.25) is 4.90 Å². The van der Waals surface area contributed by atoms with Crippen molar-refractivity contribution in [3.63, 3.8) is 0 Å². The SMILES string of the molecule is CC(C)CNCC(C)N1CCN(C)CC1C. The molecule has 96 valence electrons. The Hall–Kier alpha value is -0.120. The minimum Gasteiger partial charge on any atom is -0.315 e. The molecule has 1 rings (SSSR count). The summed E-state index contributed by atoms with van der Waals surface area (Å²) >= 11 is 0. The molecule has 2 atom stereocenters. The number of nitrogens with one attached hydrogen (secondary N) is 1. The van der Waals surface area contributed by atoms with Gasteiger partial charge in [-0.25, -0.2) is 0 Å². The zero-order valence-corrected chi connectivity index (χ0v) is 11.7. The number of hydrogen-bond acceptors (Lipinski definition) is 3. The third-order valence-corrected chi connectivity index (χ3v) is 3.44. The van der Waals surface area contributed by atoms with E-state index in [0.717, 1.165) is 19.0 Å². The second-order valence-electron chi connectivity index (χ2n) is 5.75. The summed E-state index contributed by atoms with van der Waals surface area (Å²) < 4.78 is 0. The maximum Gasteiger partial charge on any atom is 0.0198 e. The fraction of sp³-hybridized carbons (Fsp3) is 1.00. The Labute approximate surface area is 101 Å². The molecule has 0 spiro atoms. The van der Waals surface area contributed by atoms with Gasteiger partial charge in [-0.2, -0.15) is 0 Å². The average molecular weight is 227 g/mol. The highest BCUT2D eigenvalue weighted by atomic mass is 15.3. The molecule has 2 unspecified atom stereocenters. The van der Waals surface area contributed by atoms with Gasteiger partial charge in [-0.15, -0.1) is 0 Å². The maximum absolute atomic E-state index is 3.56. The smallest absolute Gasteiger partial charge is 0.0198 e. The van der Waals surface area contributed by atoms with Crippen molar-refractivity contribution >= 4 is 0 Å². The predicted octanol–water partition coefficient (Wildman–Crippen LogP) is 1.26. The van der Waals surface area contributed by atoms with Crippen LogP contribution >= 0.6 is 0 Å². The van der Waals surface area contributed by atoms with Crippen LogP contribution in [0.1, 0.15) is 27.7 Å². The summed E-state index contributed by atoms with van der Waals surface area (Å²) in [7, 11) is 2.22. The van der Waals surface area contributed by atoms with Gasteiger partial charge in [0, 0.05) is 38.3 Å². The van der Waals surface area contributed by atoms with E-state index in [4.69, 9.17) is 0 Å². The first-order chi connectivity index (χ1) is 7.50. The molecule has 0 aromatic heterocycles. The van der Waals surface area contributed by atoms with Gasteiger partial charge in [0.15, 0.2) is 0 Å². The first-order valence-corrected chi connectivity index (χ1v) is 6.65. The lowest BCUT2D eigenvalue weighted by molar-refractivity contribution is 0.0672. The summed E-state index contributed by atoms with van der Waals surface area (Å²) in [5.74, 6) is 0.747. The normalized spacial score (nSPS) is 26.2. The molecular formula is C13H29N3. The van der Waals surface area contributed by atoms with Crippen molar-refractivity contribution < 1.29 is 0 Å². The van der Waals surface area contributed by atoms with Gasteiger partial charge in [-0.1, -0.05) is 13.8 Å². The van der Waals surface area contributed by atoms with Crippen molar-refractivity contribution in [2.75, 3.05) is 39.8 Å². The van der Waals surface area contributed by atoms with E-state index in [9.17, 15) is 0 Å². The topological polar surface area (TPSA) is 18.5 Å². The van der Waals surface area contributed by atoms with Crippen molar-refractivity contribution in [2.45, 2.75) is 39.8 Å². The van der Waals surface area contributed by atoms with Crippen LogP contribution in [-0.2, 0) is 0 Å². The summed E-state index contributed by atoms with van der Waals surface area (Å²) in [5.41, 5.74) is 0. The van der Waals surface area contributed by atoms with Crippen LogP contribution in [0.4, 0.5) is 0 Å². The minimum atomic E-state index is 0.655. The number of piperazine rings is 1. The molecule has 1 saturated heterocycles. The van der Waals surface area contributed by atoms with E-state index >= 15 is 0 Å². The van der Waals surface area contributed by atoms with Crippen LogP contribution < -0.4 is 5.32 Å². The fourth-order valence-corrected chi connectivity index (χ4v) is 2.51. The highest BCUT2D eigenvalue weighted by molar-refractivity contribution is 4.82. The lowest BCUT2D eigenvalue weighted by Gasteiger charge is -2.41. The average Bonchev–Trinajstić information content (AvgIpc) is 2.16. The minimum absolute atomic E-state index is 0.655. The van der Waals surface area contributed by atoms with E-state index in [0.29, 0.717) is 12.1 Å². The highest BCUT2D eigenvalue weighted by Crippen LogP contribution is 2.11. The van der Waals surface area contributed by atoms with E-state index in [1.54, 1.807) is 0 Å². The molecule has 0 aliphatic carbocycles. The van der Waals surface area contributed by atoms with Gasteiger partial charge in [0.25, 0.3) is 0 Å². The summed E-state index contributed by atoms with van der Waals surface area (Å²) in [4.78, 5) is 5.06. The maximum atomic E-state index is 3.56.